The van der Waals surface area contributed by atoms with Gasteiger partial charge >= 0.3 is 0 Å². The predicted octanol–water partition coefficient (Wildman–Crippen LogP) is 6.14. The van der Waals surface area contributed by atoms with E-state index in [1.165, 1.54) is 22.9 Å². The number of carbonyl (C=O) groups excluding carboxylic acids is 1. The monoisotopic (exact) mass is 377 g/mol. The summed E-state index contributed by atoms with van der Waals surface area (Å²) in [6, 6.07) is 6.76. The molecule has 0 bridgehead atoms. The molecule has 0 spiro atoms. The first kappa shape index (κ1) is 19.0. The van der Waals surface area contributed by atoms with Crippen LogP contribution in [0.2, 0.25) is 0 Å². The van der Waals surface area contributed by atoms with E-state index in [4.69, 9.17) is 4.99 Å². The van der Waals surface area contributed by atoms with Gasteiger partial charge in [0.15, 0.2) is 0 Å². The molecule has 0 radical (unpaired) electrons. The van der Waals surface area contributed by atoms with E-state index < -0.39 is 0 Å². The number of rotatable bonds is 6. The molecule has 1 unspecified atom stereocenters. The lowest BCUT2D eigenvalue weighted by Crippen LogP contribution is -2.25. The summed E-state index contributed by atoms with van der Waals surface area (Å²) in [4.78, 5) is 17.3. The molecule has 1 saturated carbocycles. The smallest absolute Gasteiger partial charge is 0.133 e. The zero-order chi connectivity index (χ0) is 19.3. The molecule has 1 aromatic rings. The second-order valence-corrected chi connectivity index (χ2v) is 8.29. The van der Waals surface area contributed by atoms with Crippen molar-refractivity contribution in [2.45, 2.75) is 57.8 Å². The van der Waals surface area contributed by atoms with Crippen molar-refractivity contribution in [3.63, 3.8) is 0 Å². The summed E-state index contributed by atoms with van der Waals surface area (Å²) < 4.78 is 13.8. The topological polar surface area (TPSA) is 29.4 Å². The van der Waals surface area contributed by atoms with Gasteiger partial charge in [-0.3, -0.25) is 9.79 Å². The fourth-order valence-electron chi connectivity index (χ4n) is 4.85. The highest BCUT2D eigenvalue weighted by molar-refractivity contribution is 6.06. The van der Waals surface area contributed by atoms with E-state index in [2.05, 4.69) is 18.2 Å². The number of carbonyl (C=O) groups is 1. The van der Waals surface area contributed by atoms with Gasteiger partial charge in [-0.05, 0) is 61.6 Å². The highest BCUT2D eigenvalue weighted by atomic mass is 19.1. The van der Waals surface area contributed by atoms with Crippen molar-refractivity contribution in [3.05, 3.63) is 71.2 Å². The van der Waals surface area contributed by atoms with Gasteiger partial charge in [-0.15, -0.1) is 0 Å². The van der Waals surface area contributed by atoms with Crippen LogP contribution in [0.4, 0.5) is 4.39 Å². The Kier molecular flexibility index (Phi) is 5.99. The Balaban J connectivity index is 1.35. The van der Waals surface area contributed by atoms with Gasteiger partial charge in [0.2, 0.25) is 0 Å². The van der Waals surface area contributed by atoms with E-state index in [1.54, 1.807) is 12.1 Å². The van der Waals surface area contributed by atoms with E-state index in [0.29, 0.717) is 36.7 Å². The van der Waals surface area contributed by atoms with Crippen molar-refractivity contribution < 1.29 is 9.18 Å². The number of Topliss-reactive ketones (excluding diaryl/α,β-unsaturated/α-hetero) is 1. The largest absolute Gasteiger partial charge is 0.300 e. The second kappa shape index (κ2) is 8.81. The van der Waals surface area contributed by atoms with Gasteiger partial charge in [-0.2, -0.15) is 0 Å². The standard InChI is InChI=1S/C25H28FNO/c26-24-12-2-1-7-20(24)13-14-22(28)17-18-6-3-9-21(16-18)25-23-11-4-8-19(23)10-5-15-27-25/h1-2,4-5,7,11-12,15,18,21H,3,6,8-10,13-14,16-17H2/t18-,21?/m1/s1. The zero-order valence-electron chi connectivity index (χ0n) is 16.4. The van der Waals surface area contributed by atoms with Crippen LogP contribution in [0, 0.1) is 17.7 Å². The minimum absolute atomic E-state index is 0.207. The van der Waals surface area contributed by atoms with Crippen LogP contribution in [-0.2, 0) is 11.2 Å². The molecule has 4 rings (SSSR count). The zero-order valence-corrected chi connectivity index (χ0v) is 16.4. The Morgan fingerprint density at radius 2 is 2.00 bits per heavy atom. The number of aryl methyl sites for hydroxylation is 1. The molecule has 1 heterocycles. The summed E-state index contributed by atoms with van der Waals surface area (Å²) in [5.41, 5.74) is 4.71. The Morgan fingerprint density at radius 1 is 1.14 bits per heavy atom. The van der Waals surface area contributed by atoms with Gasteiger partial charge < -0.3 is 0 Å². The number of nitrogens with zero attached hydrogens (tertiary/aromatic N) is 1. The third-order valence-corrected chi connectivity index (χ3v) is 6.31. The average molecular weight is 378 g/mol. The Labute approximate surface area is 167 Å². The Hall–Kier alpha value is -2.29. The number of hydrogen-bond donors (Lipinski definition) is 0. The van der Waals surface area contributed by atoms with Crippen molar-refractivity contribution in [3.8, 4) is 0 Å². The first-order valence-electron chi connectivity index (χ1n) is 10.6. The minimum Gasteiger partial charge on any atom is -0.300 e. The average Bonchev–Trinajstić information content (AvgIpc) is 3.07. The Bertz CT molecular complexity index is 861. The van der Waals surface area contributed by atoms with Crippen molar-refractivity contribution in [1.29, 1.82) is 0 Å². The fraction of sp³-hybridized carbons (Fsp3) is 0.440. The lowest BCUT2D eigenvalue weighted by atomic mass is 9.75. The SMILES string of the molecule is O=C(CCc1ccccc1F)C[C@@H]1CCCC(C2=NC=CCC3=C2C=CC3)C1. The molecular weight excluding hydrogens is 349 g/mol. The molecule has 0 amide bonds. The first-order chi connectivity index (χ1) is 13.7. The van der Waals surface area contributed by atoms with Gasteiger partial charge in [-0.1, -0.05) is 48.4 Å². The second-order valence-electron chi connectivity index (χ2n) is 8.29. The van der Waals surface area contributed by atoms with E-state index in [0.717, 1.165) is 38.5 Å². The van der Waals surface area contributed by atoms with Gasteiger partial charge in [0, 0.05) is 25.0 Å². The normalized spacial score (nSPS) is 24.1. The molecule has 1 aromatic carbocycles. The van der Waals surface area contributed by atoms with Crippen LogP contribution in [0.3, 0.4) is 0 Å². The van der Waals surface area contributed by atoms with Crippen LogP contribution in [0.25, 0.3) is 0 Å². The third-order valence-electron chi connectivity index (χ3n) is 6.31. The number of aliphatic imine (C=N–C) groups is 1. The van der Waals surface area contributed by atoms with Crippen LogP contribution in [0.5, 0.6) is 0 Å². The number of ketones is 1. The summed E-state index contributed by atoms with van der Waals surface area (Å²) in [6.45, 7) is 0. The molecule has 3 heteroatoms. The van der Waals surface area contributed by atoms with Crippen LogP contribution in [0.15, 0.2) is 64.8 Å². The fourth-order valence-corrected chi connectivity index (χ4v) is 4.85. The Morgan fingerprint density at radius 3 is 2.89 bits per heavy atom. The van der Waals surface area contributed by atoms with E-state index >= 15 is 0 Å². The third kappa shape index (κ3) is 4.40. The highest BCUT2D eigenvalue weighted by Gasteiger charge is 2.30. The lowest BCUT2D eigenvalue weighted by Gasteiger charge is -2.30. The highest BCUT2D eigenvalue weighted by Crippen LogP contribution is 2.37. The van der Waals surface area contributed by atoms with Crippen LogP contribution in [0.1, 0.15) is 56.9 Å². The van der Waals surface area contributed by atoms with Gasteiger partial charge in [-0.25, -0.2) is 4.39 Å². The molecule has 146 valence electrons. The number of benzene rings is 1. The van der Waals surface area contributed by atoms with E-state index in [9.17, 15) is 9.18 Å². The molecule has 0 aromatic heterocycles. The van der Waals surface area contributed by atoms with Crippen LogP contribution in [-0.4, -0.2) is 11.5 Å². The molecule has 2 nitrogen and oxygen atoms in total. The molecule has 28 heavy (non-hydrogen) atoms. The molecule has 1 fully saturated rings. The summed E-state index contributed by atoms with van der Waals surface area (Å²) in [6.07, 6.45) is 16.7. The van der Waals surface area contributed by atoms with Crippen molar-refractivity contribution in [2.75, 3.05) is 0 Å². The number of allylic oxidation sites excluding steroid dienone is 5. The predicted molar refractivity (Wildman–Crippen MR) is 112 cm³/mol. The summed E-state index contributed by atoms with van der Waals surface area (Å²) >= 11 is 0. The molecular formula is C25H28FNO. The van der Waals surface area contributed by atoms with Gasteiger partial charge in [0.1, 0.15) is 11.6 Å². The molecule has 1 aliphatic heterocycles. The maximum absolute atomic E-state index is 13.8. The summed E-state index contributed by atoms with van der Waals surface area (Å²) in [5, 5.41) is 0. The quantitative estimate of drug-likeness (QED) is 0.585. The van der Waals surface area contributed by atoms with Crippen LogP contribution >= 0.6 is 0 Å². The van der Waals surface area contributed by atoms with Crippen molar-refractivity contribution in [2.24, 2.45) is 16.8 Å². The molecule has 3 aliphatic rings. The lowest BCUT2D eigenvalue weighted by molar-refractivity contribution is -0.120. The minimum atomic E-state index is -0.207. The first-order valence-corrected chi connectivity index (χ1v) is 10.6. The molecule has 0 saturated heterocycles. The molecule has 2 aliphatic carbocycles. The maximum atomic E-state index is 13.8. The van der Waals surface area contributed by atoms with Crippen LogP contribution < -0.4 is 0 Å². The summed E-state index contributed by atoms with van der Waals surface area (Å²) in [5.74, 6) is 0.934. The van der Waals surface area contributed by atoms with Gasteiger partial charge in [0.05, 0.1) is 5.71 Å². The van der Waals surface area contributed by atoms with E-state index in [-0.39, 0.29) is 11.6 Å². The van der Waals surface area contributed by atoms with Crippen molar-refractivity contribution in [1.82, 2.24) is 0 Å². The van der Waals surface area contributed by atoms with Gasteiger partial charge in [0.25, 0.3) is 0 Å². The number of hydrogen-bond acceptors (Lipinski definition) is 2. The summed E-state index contributed by atoms with van der Waals surface area (Å²) in [7, 11) is 0. The van der Waals surface area contributed by atoms with E-state index in [1.807, 2.05) is 12.3 Å². The van der Waals surface area contributed by atoms with Crippen molar-refractivity contribution >= 4 is 11.5 Å². The molecule has 0 N–H and O–H groups in total. The maximum Gasteiger partial charge on any atom is 0.133 e. The molecule has 2 atom stereocenters. The number of halogens is 1.